The molecular formula is C12H14ClNO7. The first-order valence-corrected chi connectivity index (χ1v) is 6.53. The lowest BCUT2D eigenvalue weighted by atomic mass is 10.0. The summed E-state index contributed by atoms with van der Waals surface area (Å²) in [5.74, 6) is 0.0668. The highest BCUT2D eigenvalue weighted by Gasteiger charge is 2.38. The molecular weight excluding hydrogens is 306 g/mol. The molecule has 0 bridgehead atoms. The zero-order valence-electron chi connectivity index (χ0n) is 10.8. The Kier molecular flexibility index (Phi) is 4.96. The van der Waals surface area contributed by atoms with Crippen molar-refractivity contribution in [2.24, 2.45) is 0 Å². The van der Waals surface area contributed by atoms with Crippen molar-refractivity contribution in [2.45, 2.75) is 31.0 Å². The van der Waals surface area contributed by atoms with E-state index < -0.39 is 29.5 Å². The topological polar surface area (TPSA) is 122 Å². The van der Waals surface area contributed by atoms with Gasteiger partial charge in [0.05, 0.1) is 28.8 Å². The summed E-state index contributed by atoms with van der Waals surface area (Å²) in [4.78, 5) is 10.0. The Labute approximate surface area is 124 Å². The van der Waals surface area contributed by atoms with E-state index in [9.17, 15) is 20.3 Å². The monoisotopic (exact) mass is 319 g/mol. The smallest absolute Gasteiger partial charge is 0.271 e. The molecule has 2 unspecified atom stereocenters. The van der Waals surface area contributed by atoms with Crippen molar-refractivity contribution in [2.75, 3.05) is 6.61 Å². The number of ether oxygens (including phenoxy) is 2. The van der Waals surface area contributed by atoms with Crippen LogP contribution in [0.4, 0.5) is 5.69 Å². The van der Waals surface area contributed by atoms with Gasteiger partial charge in [0.15, 0.2) is 0 Å². The summed E-state index contributed by atoms with van der Waals surface area (Å²) in [6, 6.07) is 3.56. The van der Waals surface area contributed by atoms with Gasteiger partial charge in [-0.05, 0) is 6.07 Å². The van der Waals surface area contributed by atoms with E-state index in [2.05, 4.69) is 0 Å². The normalized spacial score (nSPS) is 29.1. The number of rotatable bonds is 4. The van der Waals surface area contributed by atoms with E-state index >= 15 is 0 Å². The van der Waals surface area contributed by atoms with Crippen LogP contribution >= 0.6 is 11.6 Å². The average Bonchev–Trinajstić information content (AvgIpc) is 2.45. The fourth-order valence-electron chi connectivity index (χ4n) is 1.95. The van der Waals surface area contributed by atoms with Gasteiger partial charge in [-0.15, -0.1) is 0 Å². The van der Waals surface area contributed by atoms with Gasteiger partial charge in [0, 0.05) is 18.6 Å². The predicted molar refractivity (Wildman–Crippen MR) is 71.1 cm³/mol. The fourth-order valence-corrected chi connectivity index (χ4v) is 2.17. The predicted octanol–water partition coefficient (Wildman–Crippen LogP) is 0.456. The maximum absolute atomic E-state index is 10.6. The van der Waals surface area contributed by atoms with E-state index in [1.807, 2.05) is 0 Å². The lowest BCUT2D eigenvalue weighted by Gasteiger charge is -2.36. The molecule has 8 nitrogen and oxygen atoms in total. The number of nitrogens with zero attached hydrogens (tertiary/aromatic N) is 1. The molecule has 9 heteroatoms. The number of nitro benzene ring substituents is 1. The summed E-state index contributed by atoms with van der Waals surface area (Å²) >= 11 is 5.87. The molecule has 3 N–H and O–H groups in total. The zero-order chi connectivity index (χ0) is 15.6. The Morgan fingerprint density at radius 1 is 1.48 bits per heavy atom. The third-order valence-corrected chi connectivity index (χ3v) is 3.37. The van der Waals surface area contributed by atoms with Gasteiger partial charge in [0.2, 0.25) is 6.29 Å². The van der Waals surface area contributed by atoms with Crippen LogP contribution in [0, 0.1) is 10.1 Å². The molecule has 0 radical (unpaired) electrons. The molecule has 0 aromatic heterocycles. The molecule has 1 aromatic rings. The molecule has 0 spiro atoms. The number of aliphatic hydroxyl groups excluding tert-OH is 3. The third-order valence-electron chi connectivity index (χ3n) is 3.08. The van der Waals surface area contributed by atoms with Crippen molar-refractivity contribution in [3.8, 4) is 5.75 Å². The lowest BCUT2D eigenvalue weighted by Crippen LogP contribution is -2.51. The summed E-state index contributed by atoms with van der Waals surface area (Å²) in [6.07, 6.45) is -4.27. The van der Waals surface area contributed by atoms with Crippen LogP contribution in [0.15, 0.2) is 18.2 Å². The quantitative estimate of drug-likeness (QED) is 0.544. The first-order chi connectivity index (χ1) is 9.92. The first kappa shape index (κ1) is 15.9. The zero-order valence-corrected chi connectivity index (χ0v) is 11.5. The molecule has 1 fully saturated rings. The van der Waals surface area contributed by atoms with Crippen LogP contribution in [0.2, 0.25) is 5.02 Å². The van der Waals surface area contributed by atoms with E-state index in [-0.39, 0.29) is 29.5 Å². The highest BCUT2D eigenvalue weighted by Crippen LogP contribution is 2.31. The number of hydrogen-bond acceptors (Lipinski definition) is 7. The number of non-ortho nitro benzene ring substituents is 1. The molecule has 4 atom stereocenters. The number of aliphatic hydroxyl groups is 3. The number of hydrogen-bond donors (Lipinski definition) is 3. The van der Waals surface area contributed by atoms with Crippen LogP contribution < -0.4 is 4.74 Å². The van der Waals surface area contributed by atoms with Crippen molar-refractivity contribution in [1.82, 2.24) is 0 Å². The van der Waals surface area contributed by atoms with E-state index in [1.54, 1.807) is 0 Å². The molecule has 0 amide bonds. The van der Waals surface area contributed by atoms with Gasteiger partial charge in [0.1, 0.15) is 11.9 Å². The second-order valence-electron chi connectivity index (χ2n) is 4.59. The van der Waals surface area contributed by atoms with Crippen LogP contribution in [0.1, 0.15) is 6.42 Å². The molecule has 1 saturated heterocycles. The minimum absolute atomic E-state index is 0.0272. The van der Waals surface area contributed by atoms with Crippen molar-refractivity contribution < 1.29 is 29.7 Å². The number of halogens is 1. The molecule has 2 rings (SSSR count). The van der Waals surface area contributed by atoms with Gasteiger partial charge in [-0.2, -0.15) is 0 Å². The fraction of sp³-hybridized carbons (Fsp3) is 0.500. The average molecular weight is 320 g/mol. The van der Waals surface area contributed by atoms with Gasteiger partial charge in [-0.25, -0.2) is 0 Å². The highest BCUT2D eigenvalue weighted by atomic mass is 35.5. The van der Waals surface area contributed by atoms with Gasteiger partial charge < -0.3 is 24.8 Å². The lowest BCUT2D eigenvalue weighted by molar-refractivity contribution is -0.384. The molecule has 116 valence electrons. The Morgan fingerprint density at radius 2 is 2.19 bits per heavy atom. The third kappa shape index (κ3) is 3.60. The largest absolute Gasteiger partial charge is 0.460 e. The van der Waals surface area contributed by atoms with Gasteiger partial charge in [0.25, 0.3) is 5.69 Å². The van der Waals surface area contributed by atoms with E-state index in [1.165, 1.54) is 12.1 Å². The Hall–Kier alpha value is -1.45. The molecule has 1 aliphatic heterocycles. The van der Waals surface area contributed by atoms with Crippen molar-refractivity contribution in [3.63, 3.8) is 0 Å². The maximum atomic E-state index is 10.6. The summed E-state index contributed by atoms with van der Waals surface area (Å²) in [5.41, 5.74) is -0.203. The van der Waals surface area contributed by atoms with E-state index in [0.29, 0.717) is 0 Å². The van der Waals surface area contributed by atoms with Gasteiger partial charge >= 0.3 is 0 Å². The molecule has 1 heterocycles. The van der Waals surface area contributed by atoms with Crippen molar-refractivity contribution in [3.05, 3.63) is 33.3 Å². The first-order valence-electron chi connectivity index (χ1n) is 6.15. The van der Waals surface area contributed by atoms with Crippen LogP contribution in [0.5, 0.6) is 5.75 Å². The molecule has 0 saturated carbocycles. The van der Waals surface area contributed by atoms with Crippen LogP contribution in [-0.2, 0) is 4.74 Å². The highest BCUT2D eigenvalue weighted by molar-refractivity contribution is 6.32. The van der Waals surface area contributed by atoms with Crippen LogP contribution in [-0.4, -0.2) is 51.5 Å². The maximum Gasteiger partial charge on any atom is 0.271 e. The van der Waals surface area contributed by atoms with Crippen molar-refractivity contribution in [1.29, 1.82) is 0 Å². The van der Waals surface area contributed by atoms with Crippen LogP contribution in [0.25, 0.3) is 0 Å². The van der Waals surface area contributed by atoms with E-state index in [4.69, 9.17) is 26.2 Å². The number of benzene rings is 1. The minimum Gasteiger partial charge on any atom is -0.460 e. The van der Waals surface area contributed by atoms with Crippen molar-refractivity contribution >= 4 is 17.3 Å². The minimum atomic E-state index is -1.32. The Bertz CT molecular complexity index is 526. The van der Waals surface area contributed by atoms with Crippen LogP contribution in [0.3, 0.4) is 0 Å². The van der Waals surface area contributed by atoms with Gasteiger partial charge in [-0.1, -0.05) is 11.6 Å². The Balaban J connectivity index is 2.14. The molecule has 21 heavy (non-hydrogen) atoms. The SMILES string of the molecule is O=[N+]([O-])c1ccc(O[C@@H]2OC(CO)C[C@H](O)C2O)c(Cl)c1. The number of nitro groups is 1. The summed E-state index contributed by atoms with van der Waals surface area (Å²) in [7, 11) is 0. The second-order valence-corrected chi connectivity index (χ2v) is 5.00. The van der Waals surface area contributed by atoms with Gasteiger partial charge in [-0.3, -0.25) is 10.1 Å². The Morgan fingerprint density at radius 3 is 2.76 bits per heavy atom. The summed E-state index contributed by atoms with van der Waals surface area (Å²) in [5, 5.41) is 39.1. The van der Waals surface area contributed by atoms with E-state index in [0.717, 1.165) is 6.07 Å². The summed E-state index contributed by atoms with van der Waals surface area (Å²) < 4.78 is 10.6. The molecule has 1 aliphatic rings. The second kappa shape index (κ2) is 6.54. The molecule has 1 aromatic carbocycles. The molecule has 0 aliphatic carbocycles. The standard InChI is InChI=1S/C12H14ClNO7/c13-8-3-6(14(18)19)1-2-10(8)21-12-11(17)9(16)4-7(5-15)20-12/h1-3,7,9,11-12,15-17H,4-5H2/t7?,9-,11?,12-/m0/s1. The summed E-state index contributed by atoms with van der Waals surface area (Å²) in [6.45, 7) is -0.336.